The molecular formula is C10H14N2O3. The van der Waals surface area contributed by atoms with Crippen LogP contribution in [-0.2, 0) is 0 Å². The monoisotopic (exact) mass is 210 g/mol. The summed E-state index contributed by atoms with van der Waals surface area (Å²) in [6.07, 6.45) is -0.991. The van der Waals surface area contributed by atoms with Crippen LogP contribution in [-0.4, -0.2) is 30.3 Å². The van der Waals surface area contributed by atoms with Gasteiger partial charge in [0.2, 0.25) is 0 Å². The molecule has 1 aromatic carbocycles. The number of hydrogen-bond acceptors (Lipinski definition) is 4. The highest BCUT2D eigenvalue weighted by molar-refractivity contribution is 5.86. The second kappa shape index (κ2) is 5.33. The minimum absolute atomic E-state index is 0.0863. The molecule has 3 N–H and O–H groups in total. The van der Waals surface area contributed by atoms with Crippen LogP contribution < -0.4 is 10.2 Å². The Morgan fingerprint density at radius 2 is 2.27 bits per heavy atom. The quantitative estimate of drug-likeness (QED) is 0.391. The Morgan fingerprint density at radius 1 is 1.53 bits per heavy atom. The number of rotatable bonds is 3. The average Bonchev–Trinajstić information content (AvgIpc) is 2.30. The van der Waals surface area contributed by atoms with Crippen molar-refractivity contribution in [1.82, 2.24) is 5.48 Å². The molecule has 5 heteroatoms. The van der Waals surface area contributed by atoms with Gasteiger partial charge in [0.05, 0.1) is 7.11 Å². The third-order valence-corrected chi connectivity index (χ3v) is 2.02. The SMILES string of the molecule is CN=C(NO)C(O)c1cccc(OC)c1. The number of ether oxygens (including phenoxy) is 1. The summed E-state index contributed by atoms with van der Waals surface area (Å²) in [6, 6.07) is 6.91. The largest absolute Gasteiger partial charge is 0.497 e. The first-order valence-corrected chi connectivity index (χ1v) is 4.41. The van der Waals surface area contributed by atoms with E-state index in [2.05, 4.69) is 4.99 Å². The second-order valence-corrected chi connectivity index (χ2v) is 2.90. The lowest BCUT2D eigenvalue weighted by atomic mass is 10.1. The fourth-order valence-corrected chi connectivity index (χ4v) is 1.20. The molecule has 0 amide bonds. The molecule has 0 aliphatic heterocycles. The number of hydroxylamine groups is 1. The minimum atomic E-state index is -0.991. The maximum absolute atomic E-state index is 9.79. The fraction of sp³-hybridized carbons (Fsp3) is 0.300. The van der Waals surface area contributed by atoms with Crippen LogP contribution in [0.2, 0.25) is 0 Å². The normalized spacial score (nSPS) is 13.5. The maximum Gasteiger partial charge on any atom is 0.154 e. The Bertz CT molecular complexity index is 352. The number of benzene rings is 1. The molecule has 0 bridgehead atoms. The molecule has 0 fully saturated rings. The summed E-state index contributed by atoms with van der Waals surface area (Å²) in [7, 11) is 3.02. The van der Waals surface area contributed by atoms with Gasteiger partial charge in [-0.2, -0.15) is 0 Å². The standard InChI is InChI=1S/C10H14N2O3/c1-11-10(12-14)9(13)7-4-3-5-8(6-7)15-2/h3-6,9,13-14H,1-2H3,(H,11,12). The Hall–Kier alpha value is -1.59. The highest BCUT2D eigenvalue weighted by Gasteiger charge is 2.14. The summed E-state index contributed by atoms with van der Waals surface area (Å²) in [4.78, 5) is 3.70. The fourth-order valence-electron chi connectivity index (χ4n) is 1.20. The zero-order valence-corrected chi connectivity index (χ0v) is 8.64. The number of aliphatic imine (C=N–C) groups is 1. The van der Waals surface area contributed by atoms with E-state index in [9.17, 15) is 5.11 Å². The molecule has 1 unspecified atom stereocenters. The first-order chi connectivity index (χ1) is 7.22. The Balaban J connectivity index is 2.95. The molecule has 0 aromatic heterocycles. The van der Waals surface area contributed by atoms with Crippen LogP contribution in [0.1, 0.15) is 11.7 Å². The molecule has 5 nitrogen and oxygen atoms in total. The lowest BCUT2D eigenvalue weighted by Gasteiger charge is -2.13. The topological polar surface area (TPSA) is 74.1 Å². The lowest BCUT2D eigenvalue weighted by Crippen LogP contribution is -2.26. The highest BCUT2D eigenvalue weighted by Crippen LogP contribution is 2.19. The molecule has 1 aromatic rings. The third kappa shape index (κ3) is 2.68. The van der Waals surface area contributed by atoms with E-state index in [0.29, 0.717) is 11.3 Å². The first-order valence-electron chi connectivity index (χ1n) is 4.41. The summed E-state index contributed by atoms with van der Waals surface area (Å²) in [5.41, 5.74) is 2.44. The van der Waals surface area contributed by atoms with Gasteiger partial charge in [0.15, 0.2) is 5.84 Å². The van der Waals surface area contributed by atoms with Gasteiger partial charge in [-0.3, -0.25) is 15.7 Å². The molecule has 15 heavy (non-hydrogen) atoms. The van der Waals surface area contributed by atoms with Gasteiger partial charge in [0.25, 0.3) is 0 Å². The molecule has 1 rings (SSSR count). The van der Waals surface area contributed by atoms with E-state index in [0.717, 1.165) is 0 Å². The van der Waals surface area contributed by atoms with E-state index in [4.69, 9.17) is 9.94 Å². The van der Waals surface area contributed by atoms with Crippen molar-refractivity contribution in [3.05, 3.63) is 29.8 Å². The van der Waals surface area contributed by atoms with Gasteiger partial charge in [0, 0.05) is 7.05 Å². The predicted molar refractivity (Wildman–Crippen MR) is 56.2 cm³/mol. The van der Waals surface area contributed by atoms with Crippen molar-refractivity contribution >= 4 is 5.84 Å². The third-order valence-electron chi connectivity index (χ3n) is 2.02. The van der Waals surface area contributed by atoms with Gasteiger partial charge in [0.1, 0.15) is 11.9 Å². The van der Waals surface area contributed by atoms with Gasteiger partial charge in [-0.15, -0.1) is 0 Å². The van der Waals surface area contributed by atoms with Crippen molar-refractivity contribution in [1.29, 1.82) is 0 Å². The van der Waals surface area contributed by atoms with Crippen molar-refractivity contribution in [3.63, 3.8) is 0 Å². The van der Waals surface area contributed by atoms with E-state index in [1.54, 1.807) is 31.4 Å². The Labute approximate surface area is 88.0 Å². The molecule has 0 spiro atoms. The van der Waals surface area contributed by atoms with E-state index in [1.165, 1.54) is 7.05 Å². The molecule has 0 saturated carbocycles. The van der Waals surface area contributed by atoms with Crippen molar-refractivity contribution in [3.8, 4) is 5.75 Å². The first kappa shape index (κ1) is 11.5. The van der Waals surface area contributed by atoms with Gasteiger partial charge in [-0.1, -0.05) is 12.1 Å². The molecular weight excluding hydrogens is 196 g/mol. The lowest BCUT2D eigenvalue weighted by molar-refractivity contribution is 0.188. The van der Waals surface area contributed by atoms with Crippen molar-refractivity contribution in [2.45, 2.75) is 6.10 Å². The van der Waals surface area contributed by atoms with Crippen LogP contribution >= 0.6 is 0 Å². The van der Waals surface area contributed by atoms with Crippen LogP contribution in [0.25, 0.3) is 0 Å². The Morgan fingerprint density at radius 3 is 2.80 bits per heavy atom. The summed E-state index contributed by atoms with van der Waals surface area (Å²) in [5.74, 6) is 0.725. The summed E-state index contributed by atoms with van der Waals surface area (Å²) in [6.45, 7) is 0. The van der Waals surface area contributed by atoms with Crippen molar-refractivity contribution in [2.75, 3.05) is 14.2 Å². The molecule has 0 heterocycles. The number of nitrogens with one attached hydrogen (secondary N) is 1. The smallest absolute Gasteiger partial charge is 0.154 e. The van der Waals surface area contributed by atoms with Crippen molar-refractivity contribution in [2.24, 2.45) is 4.99 Å². The second-order valence-electron chi connectivity index (χ2n) is 2.90. The van der Waals surface area contributed by atoms with Crippen LogP contribution in [0, 0.1) is 0 Å². The number of methoxy groups -OCH3 is 1. The van der Waals surface area contributed by atoms with E-state index in [-0.39, 0.29) is 5.84 Å². The zero-order valence-electron chi connectivity index (χ0n) is 8.64. The molecule has 0 aliphatic rings. The van der Waals surface area contributed by atoms with Crippen LogP contribution in [0.5, 0.6) is 5.75 Å². The maximum atomic E-state index is 9.79. The van der Waals surface area contributed by atoms with E-state index < -0.39 is 6.10 Å². The zero-order chi connectivity index (χ0) is 11.3. The van der Waals surface area contributed by atoms with Crippen molar-refractivity contribution < 1.29 is 15.1 Å². The van der Waals surface area contributed by atoms with Gasteiger partial charge in [-0.05, 0) is 17.7 Å². The van der Waals surface area contributed by atoms with Crippen LogP contribution in [0.4, 0.5) is 0 Å². The number of nitrogens with zero attached hydrogens (tertiary/aromatic N) is 1. The molecule has 0 radical (unpaired) electrons. The number of aliphatic hydroxyl groups excluding tert-OH is 1. The highest BCUT2D eigenvalue weighted by atomic mass is 16.5. The van der Waals surface area contributed by atoms with Crippen LogP contribution in [0.15, 0.2) is 29.3 Å². The molecule has 82 valence electrons. The molecule has 1 atom stereocenters. The minimum Gasteiger partial charge on any atom is -0.497 e. The summed E-state index contributed by atoms with van der Waals surface area (Å²) in [5, 5.41) is 18.5. The Kier molecular flexibility index (Phi) is 4.08. The van der Waals surface area contributed by atoms with Gasteiger partial charge in [-0.25, -0.2) is 0 Å². The summed E-state index contributed by atoms with van der Waals surface area (Å²) < 4.78 is 5.02. The van der Waals surface area contributed by atoms with Gasteiger partial charge >= 0.3 is 0 Å². The average molecular weight is 210 g/mol. The number of hydrogen-bond donors (Lipinski definition) is 3. The summed E-state index contributed by atoms with van der Waals surface area (Å²) >= 11 is 0. The van der Waals surface area contributed by atoms with E-state index >= 15 is 0 Å². The van der Waals surface area contributed by atoms with Crippen LogP contribution in [0.3, 0.4) is 0 Å². The molecule has 0 saturated heterocycles. The van der Waals surface area contributed by atoms with Gasteiger partial charge < -0.3 is 9.84 Å². The number of amidine groups is 1. The van der Waals surface area contributed by atoms with E-state index in [1.807, 2.05) is 5.48 Å². The molecule has 0 aliphatic carbocycles. The predicted octanol–water partition coefficient (Wildman–Crippen LogP) is 0.736. The number of aliphatic hydroxyl groups is 1.